The van der Waals surface area contributed by atoms with Gasteiger partial charge in [-0.05, 0) is 39.3 Å². The van der Waals surface area contributed by atoms with Gasteiger partial charge in [-0.3, -0.25) is 0 Å². The van der Waals surface area contributed by atoms with Crippen LogP contribution in [-0.4, -0.2) is 51.9 Å². The van der Waals surface area contributed by atoms with Gasteiger partial charge in [-0.15, -0.1) is 23.4 Å². The SMILES string of the molecule is C[C-]1C([Si](C)(CCO[Si](C)(C)C)[N-]c2ccccc2)C(C)C(C)C1[Si](C)(CCO[Si](C)(C)C)[N-]C(C)(C)C.[CH2-]c1ccccc1.[Zr+4]. The summed E-state index contributed by atoms with van der Waals surface area (Å²) in [6, 6.07) is 22.8. The van der Waals surface area contributed by atoms with E-state index in [9.17, 15) is 0 Å². The molecular weight excluding hydrogens is 708 g/mol. The molecule has 0 radical (unpaired) electrons. The van der Waals surface area contributed by atoms with E-state index < -0.39 is 33.1 Å². The standard InChI is InChI=1S/C30H59N2O2Si4.C7H7.Zr/c1-24-25(2)29(38(14,32-30(4,5)6)23-21-34-36(10,11)12)26(3)28(24)37(13,22-20-33-35(7,8)9)31-27-18-16-15-17-19-27;1-7-5-3-2-4-6-7;/h15-19,24-25,28-29H,20-23H2,1-14H3;2-6H,1H2;/q-3;-1;+4. The molecular formula is C37H66N2O2Si4Zr. The van der Waals surface area contributed by atoms with Gasteiger partial charge in [0, 0.05) is 13.2 Å². The summed E-state index contributed by atoms with van der Waals surface area (Å²) in [7, 11) is -7.32. The minimum atomic E-state index is -2.12. The third kappa shape index (κ3) is 14.3. The Bertz CT molecular complexity index is 1140. The van der Waals surface area contributed by atoms with Crippen molar-refractivity contribution in [1.29, 1.82) is 0 Å². The van der Waals surface area contributed by atoms with Gasteiger partial charge in [0.05, 0.1) is 0 Å². The number of hydrogen-bond donors (Lipinski definition) is 0. The van der Waals surface area contributed by atoms with Crippen LogP contribution in [0.1, 0.15) is 47.1 Å². The Morgan fingerprint density at radius 3 is 1.46 bits per heavy atom. The van der Waals surface area contributed by atoms with Gasteiger partial charge < -0.3 is 24.7 Å². The fourth-order valence-corrected chi connectivity index (χ4v) is 19.1. The predicted octanol–water partition coefficient (Wildman–Crippen LogP) is 12.2. The summed E-state index contributed by atoms with van der Waals surface area (Å²) >= 11 is 0. The van der Waals surface area contributed by atoms with E-state index in [0.29, 0.717) is 22.9 Å². The zero-order valence-electron chi connectivity index (χ0n) is 31.8. The molecule has 1 aliphatic rings. The van der Waals surface area contributed by atoms with E-state index in [1.807, 2.05) is 30.3 Å². The van der Waals surface area contributed by atoms with E-state index in [-0.39, 0.29) is 31.7 Å². The molecule has 6 atom stereocenters. The molecule has 2 aromatic rings. The van der Waals surface area contributed by atoms with Crippen LogP contribution >= 0.6 is 0 Å². The van der Waals surface area contributed by atoms with Crippen LogP contribution in [0.2, 0.25) is 75.5 Å². The molecule has 256 valence electrons. The van der Waals surface area contributed by atoms with E-state index in [2.05, 4.69) is 131 Å². The summed E-state index contributed by atoms with van der Waals surface area (Å²) in [6.07, 6.45) is 0. The first-order valence-corrected chi connectivity index (χ1v) is 29.4. The number of nitrogens with zero attached hydrogens (tertiary/aromatic N) is 2. The Labute approximate surface area is 308 Å². The van der Waals surface area contributed by atoms with Crippen molar-refractivity contribution in [3.8, 4) is 0 Å². The van der Waals surface area contributed by atoms with Gasteiger partial charge in [0.2, 0.25) is 0 Å². The fraction of sp³-hybridized carbons (Fsp3) is 0.622. The van der Waals surface area contributed by atoms with Crippen LogP contribution in [0.25, 0.3) is 9.96 Å². The average Bonchev–Trinajstić information content (AvgIpc) is 3.11. The zero-order chi connectivity index (χ0) is 34.3. The predicted molar refractivity (Wildman–Crippen MR) is 210 cm³/mol. The molecule has 0 amide bonds. The van der Waals surface area contributed by atoms with Crippen molar-refractivity contribution in [2.75, 3.05) is 13.2 Å². The summed E-state index contributed by atoms with van der Waals surface area (Å²) in [5.74, 6) is 2.88. The minimum absolute atomic E-state index is 0. The first-order valence-electron chi connectivity index (χ1n) is 17.1. The quantitative estimate of drug-likeness (QED) is 0.150. The van der Waals surface area contributed by atoms with Crippen molar-refractivity contribution in [2.24, 2.45) is 11.8 Å². The molecule has 3 rings (SSSR count). The summed E-state index contributed by atoms with van der Waals surface area (Å²) in [5, 5.41) is 0. The van der Waals surface area contributed by atoms with Gasteiger partial charge in [0.25, 0.3) is 0 Å². The van der Waals surface area contributed by atoms with Crippen LogP contribution in [-0.2, 0) is 35.1 Å². The van der Waals surface area contributed by atoms with Crippen LogP contribution in [0.5, 0.6) is 0 Å². The van der Waals surface area contributed by atoms with Crippen molar-refractivity contribution in [3.63, 3.8) is 0 Å². The molecule has 4 nitrogen and oxygen atoms in total. The molecule has 1 saturated carbocycles. The number of benzene rings is 2. The average molecular weight is 775 g/mol. The van der Waals surface area contributed by atoms with E-state index in [1.165, 1.54) is 0 Å². The van der Waals surface area contributed by atoms with Gasteiger partial charge >= 0.3 is 26.2 Å². The summed E-state index contributed by atoms with van der Waals surface area (Å²) in [5.41, 5.74) is 3.26. The van der Waals surface area contributed by atoms with Gasteiger partial charge in [-0.1, -0.05) is 125 Å². The Kier molecular flexibility index (Phi) is 17.2. The zero-order valence-corrected chi connectivity index (χ0v) is 38.3. The maximum atomic E-state index is 6.45. The molecule has 0 spiro atoms. The van der Waals surface area contributed by atoms with E-state index in [4.69, 9.17) is 18.8 Å². The van der Waals surface area contributed by atoms with Crippen LogP contribution < -0.4 is 0 Å². The third-order valence-electron chi connectivity index (χ3n) is 9.06. The van der Waals surface area contributed by atoms with Gasteiger partial charge in [0.1, 0.15) is 0 Å². The Hall–Kier alpha value is -0.259. The molecule has 46 heavy (non-hydrogen) atoms. The molecule has 6 unspecified atom stereocenters. The first kappa shape index (κ1) is 43.8. The van der Waals surface area contributed by atoms with Crippen molar-refractivity contribution in [2.45, 2.75) is 123 Å². The van der Waals surface area contributed by atoms with Crippen molar-refractivity contribution < 1.29 is 35.1 Å². The minimum Gasteiger partial charge on any atom is -0.688 e. The molecule has 0 aliphatic heterocycles. The van der Waals surface area contributed by atoms with E-state index >= 15 is 0 Å². The molecule has 0 saturated heterocycles. The Balaban J connectivity index is 0.00000116. The summed E-state index contributed by atoms with van der Waals surface area (Å²) < 4.78 is 12.9. The molecule has 0 aromatic heterocycles. The molecule has 2 aromatic carbocycles. The maximum Gasteiger partial charge on any atom is 4.00 e. The second-order valence-corrected chi connectivity index (χ2v) is 33.9. The van der Waals surface area contributed by atoms with Gasteiger partial charge in [0.15, 0.2) is 16.6 Å². The molecule has 1 fully saturated rings. The summed E-state index contributed by atoms with van der Waals surface area (Å²) in [6.45, 7) is 38.6. The Morgan fingerprint density at radius 1 is 0.696 bits per heavy atom. The molecule has 0 heterocycles. The smallest absolute Gasteiger partial charge is 0.688 e. The second-order valence-electron chi connectivity index (χ2n) is 16.8. The molecule has 9 heteroatoms. The second kappa shape index (κ2) is 18.1. The topological polar surface area (TPSA) is 46.7 Å². The number of hydrogen-bond acceptors (Lipinski definition) is 2. The first-order chi connectivity index (χ1) is 20.6. The van der Waals surface area contributed by atoms with E-state index in [1.54, 1.807) is 5.92 Å². The molecule has 0 bridgehead atoms. The largest absolute Gasteiger partial charge is 4.00 e. The van der Waals surface area contributed by atoms with Crippen LogP contribution in [0.3, 0.4) is 0 Å². The van der Waals surface area contributed by atoms with Crippen molar-refractivity contribution in [1.82, 2.24) is 0 Å². The van der Waals surface area contributed by atoms with Crippen molar-refractivity contribution >= 4 is 38.8 Å². The van der Waals surface area contributed by atoms with Crippen LogP contribution in [0.4, 0.5) is 5.69 Å². The van der Waals surface area contributed by atoms with Crippen LogP contribution in [0, 0.1) is 24.7 Å². The normalized spacial score (nSPS) is 23.3. The molecule has 1 aliphatic carbocycles. The van der Waals surface area contributed by atoms with E-state index in [0.717, 1.165) is 36.6 Å². The molecule has 0 N–H and O–H groups in total. The Morgan fingerprint density at radius 2 is 1.09 bits per heavy atom. The number of rotatable bonds is 13. The third-order valence-corrected chi connectivity index (χ3v) is 20.2. The van der Waals surface area contributed by atoms with Crippen molar-refractivity contribution in [3.05, 3.63) is 89.0 Å². The van der Waals surface area contributed by atoms with Gasteiger partial charge in [-0.25, -0.2) is 0 Å². The monoisotopic (exact) mass is 772 g/mol. The fourth-order valence-electron chi connectivity index (χ4n) is 7.47. The van der Waals surface area contributed by atoms with Crippen LogP contribution in [0.15, 0.2) is 60.7 Å². The summed E-state index contributed by atoms with van der Waals surface area (Å²) in [4.78, 5) is 11.3. The van der Waals surface area contributed by atoms with Gasteiger partial charge in [-0.2, -0.15) is 42.6 Å². The maximum absolute atomic E-state index is 6.45.